The molecule has 24 heavy (non-hydrogen) atoms. The predicted octanol–water partition coefficient (Wildman–Crippen LogP) is 1.58. The van der Waals surface area contributed by atoms with E-state index >= 15 is 0 Å². The maximum Gasteiger partial charge on any atom is 2.00 e. The molecule has 0 aromatic carbocycles. The van der Waals surface area contributed by atoms with E-state index < -0.39 is 0 Å². The van der Waals surface area contributed by atoms with Gasteiger partial charge in [0, 0.05) is 0 Å². The SMILES string of the molecule is C(N1CCCC1)=[N+]1CCCC1.[CH2-]CN(C=[N+](C[CH2-])C[CH2-])C[CH2-].[U+2].[U+2]. The average molecular weight is 783 g/mol. The number of rotatable bonds is 6. The van der Waals surface area contributed by atoms with E-state index in [1.807, 2.05) is 15.8 Å². The Hall–Kier alpha value is 1.04. The van der Waals surface area contributed by atoms with Crippen LogP contribution in [0.4, 0.5) is 0 Å². The smallest absolute Gasteiger partial charge is 0.327 e. The average Bonchev–Trinajstić information content (AvgIpc) is 3.24. The molecule has 132 valence electrons. The van der Waals surface area contributed by atoms with Gasteiger partial charge in [0.05, 0.1) is 26.2 Å². The van der Waals surface area contributed by atoms with Crippen LogP contribution in [0.3, 0.4) is 0 Å². The first kappa shape index (κ1) is 27.3. The van der Waals surface area contributed by atoms with Crippen molar-refractivity contribution in [3.05, 3.63) is 27.7 Å². The quantitative estimate of drug-likeness (QED) is 0.176. The molecule has 0 radical (unpaired) electrons. The van der Waals surface area contributed by atoms with Crippen molar-refractivity contribution in [1.29, 1.82) is 0 Å². The number of likely N-dealkylation sites (tertiary alicyclic amines) is 1. The van der Waals surface area contributed by atoms with E-state index in [0.717, 1.165) is 26.2 Å². The zero-order chi connectivity index (χ0) is 16.2. The van der Waals surface area contributed by atoms with Gasteiger partial charge in [-0.2, -0.15) is 0 Å². The molecule has 0 aromatic heterocycles. The van der Waals surface area contributed by atoms with E-state index in [0.29, 0.717) is 0 Å². The molecule has 2 heterocycles. The molecule has 0 bridgehead atoms. The van der Waals surface area contributed by atoms with Crippen LogP contribution in [0, 0.1) is 89.9 Å². The summed E-state index contributed by atoms with van der Waals surface area (Å²) >= 11 is 0. The second-order valence-corrected chi connectivity index (χ2v) is 5.79. The van der Waals surface area contributed by atoms with E-state index in [1.54, 1.807) is 0 Å². The van der Waals surface area contributed by atoms with Gasteiger partial charge in [-0.25, -0.2) is 0 Å². The molecular formula is C18H34N4U2+2. The van der Waals surface area contributed by atoms with Crippen molar-refractivity contribution < 1.29 is 71.4 Å². The molecule has 0 N–H and O–H groups in total. The summed E-state index contributed by atoms with van der Waals surface area (Å²) in [7, 11) is 0. The van der Waals surface area contributed by atoms with Crippen LogP contribution in [0.1, 0.15) is 25.7 Å². The first-order valence-electron chi connectivity index (χ1n) is 8.56. The molecule has 6 heteroatoms. The summed E-state index contributed by atoms with van der Waals surface area (Å²) in [6.07, 6.45) is 9.89. The summed E-state index contributed by atoms with van der Waals surface area (Å²) in [5, 5.41) is 0. The van der Waals surface area contributed by atoms with Crippen LogP contribution in [-0.2, 0) is 0 Å². The van der Waals surface area contributed by atoms with Crippen molar-refractivity contribution in [3.8, 4) is 0 Å². The van der Waals surface area contributed by atoms with Crippen molar-refractivity contribution in [2.75, 3.05) is 52.4 Å². The monoisotopic (exact) mass is 782 g/mol. The summed E-state index contributed by atoms with van der Waals surface area (Å²) in [5.74, 6) is 0. The van der Waals surface area contributed by atoms with Gasteiger partial charge in [-0.05, 0) is 51.9 Å². The Kier molecular flexibility index (Phi) is 19.8. The molecule has 0 unspecified atom stereocenters. The summed E-state index contributed by atoms with van der Waals surface area (Å²) in [5.41, 5.74) is 0. The minimum absolute atomic E-state index is 0. The van der Waals surface area contributed by atoms with Crippen LogP contribution in [0.5, 0.6) is 0 Å². The number of hydrogen-bond acceptors (Lipinski definition) is 0. The maximum absolute atomic E-state index is 3.77. The Bertz CT molecular complexity index is 329. The second kappa shape index (κ2) is 17.5. The fourth-order valence-corrected chi connectivity index (χ4v) is 2.63. The Morgan fingerprint density at radius 1 is 0.875 bits per heavy atom. The summed E-state index contributed by atoms with van der Waals surface area (Å²) in [6, 6.07) is 0. The summed E-state index contributed by atoms with van der Waals surface area (Å²) < 4.78 is 4.47. The Balaban J connectivity index is 0. The van der Waals surface area contributed by atoms with Crippen LogP contribution in [0.15, 0.2) is 0 Å². The van der Waals surface area contributed by atoms with Crippen molar-refractivity contribution in [2.45, 2.75) is 25.7 Å². The van der Waals surface area contributed by atoms with E-state index in [4.69, 9.17) is 0 Å². The van der Waals surface area contributed by atoms with Gasteiger partial charge in [0.15, 0.2) is 0 Å². The maximum atomic E-state index is 3.77. The third-order valence-electron chi connectivity index (χ3n) is 4.08. The van der Waals surface area contributed by atoms with Crippen molar-refractivity contribution in [2.24, 2.45) is 0 Å². The summed E-state index contributed by atoms with van der Waals surface area (Å²) in [4.78, 5) is 4.47. The van der Waals surface area contributed by atoms with Crippen molar-refractivity contribution in [1.82, 2.24) is 9.80 Å². The Morgan fingerprint density at radius 3 is 1.79 bits per heavy atom. The molecule has 2 fully saturated rings. The van der Waals surface area contributed by atoms with Crippen molar-refractivity contribution >= 4 is 12.7 Å². The third-order valence-corrected chi connectivity index (χ3v) is 4.08. The topological polar surface area (TPSA) is 12.5 Å². The molecule has 2 aliphatic rings. The molecular weight excluding hydrogens is 748 g/mol. The molecule has 0 aromatic rings. The standard InChI is InChI=1S/2C9H17N2.2U/c1-2-6-10(5-1)9-11-7-3-4-8-11;1-5-10(6-2)9-11(7-3)8-4;;/h2*9H,1-8H2;;/q+1;-3;2*+2. The van der Waals surface area contributed by atoms with Gasteiger partial charge in [0.1, 0.15) is 0 Å². The number of hydrogen-bond donors (Lipinski definition) is 0. The predicted molar refractivity (Wildman–Crippen MR) is 95.2 cm³/mol. The Labute approximate surface area is 197 Å². The van der Waals surface area contributed by atoms with Gasteiger partial charge >= 0.3 is 62.2 Å². The van der Waals surface area contributed by atoms with Crippen LogP contribution in [0.25, 0.3) is 0 Å². The van der Waals surface area contributed by atoms with Gasteiger partial charge < -0.3 is 37.2 Å². The molecule has 2 saturated heterocycles. The zero-order valence-corrected chi connectivity index (χ0v) is 23.6. The molecule has 0 aliphatic carbocycles. The first-order chi connectivity index (χ1) is 10.7. The molecule has 4 nitrogen and oxygen atoms in total. The molecule has 0 atom stereocenters. The molecule has 2 aliphatic heterocycles. The minimum Gasteiger partial charge on any atom is -0.327 e. The van der Waals surface area contributed by atoms with Crippen LogP contribution >= 0.6 is 0 Å². The van der Waals surface area contributed by atoms with Crippen LogP contribution in [-0.4, -0.2) is 84.0 Å². The normalized spacial score (nSPS) is 15.7. The van der Waals surface area contributed by atoms with E-state index in [1.165, 1.54) is 51.9 Å². The van der Waals surface area contributed by atoms with Gasteiger partial charge in [0.2, 0.25) is 12.7 Å². The van der Waals surface area contributed by atoms with E-state index in [9.17, 15) is 0 Å². The molecule has 0 saturated carbocycles. The minimum atomic E-state index is 0. The fourth-order valence-electron chi connectivity index (χ4n) is 2.63. The zero-order valence-electron chi connectivity index (χ0n) is 15.3. The fraction of sp³-hybridized carbons (Fsp3) is 0.667. The molecule has 0 amide bonds. The third kappa shape index (κ3) is 11.6. The first-order valence-corrected chi connectivity index (χ1v) is 8.56. The van der Waals surface area contributed by atoms with Gasteiger partial charge in [-0.15, -0.1) is 0 Å². The van der Waals surface area contributed by atoms with Crippen LogP contribution < -0.4 is 0 Å². The molecule has 2 rings (SSSR count). The Morgan fingerprint density at radius 2 is 1.38 bits per heavy atom. The van der Waals surface area contributed by atoms with Crippen molar-refractivity contribution in [3.63, 3.8) is 0 Å². The van der Waals surface area contributed by atoms with Gasteiger partial charge in [-0.1, -0.05) is 0 Å². The van der Waals surface area contributed by atoms with Crippen LogP contribution in [0.2, 0.25) is 0 Å². The van der Waals surface area contributed by atoms with E-state index in [2.05, 4.69) is 43.5 Å². The summed E-state index contributed by atoms with van der Waals surface area (Å²) in [6.45, 7) is 23.2. The van der Waals surface area contributed by atoms with Gasteiger partial charge in [0.25, 0.3) is 0 Å². The second-order valence-electron chi connectivity index (χ2n) is 5.79. The van der Waals surface area contributed by atoms with E-state index in [-0.39, 0.29) is 62.2 Å². The molecule has 0 spiro atoms. The van der Waals surface area contributed by atoms with Gasteiger partial charge in [-0.3, -0.25) is 9.48 Å². The largest absolute Gasteiger partial charge is 2.00 e. The number of nitrogens with zero attached hydrogens (tertiary/aromatic N) is 4.